The number of aliphatic carboxylic acids is 3. The molecule has 1 unspecified atom stereocenters. The van der Waals surface area contributed by atoms with Crippen molar-refractivity contribution < 1.29 is 39.2 Å². The second kappa shape index (κ2) is 15.3. The standard InChI is InChI=1S/C10H19NO4.C5H9NO4/c1-2-3-4-7-15-9(12)6-5-8(11)10(13)14;6-3(5(9)10)1-2-4(7)8/h8H,2-7,11H2,1H3,(H,13,14);3H,1-2,6H2,(H,7,8)(H,9,10)/t;3-/m.0/s1. The highest BCUT2D eigenvalue weighted by molar-refractivity contribution is 5.75. The Hall–Kier alpha value is -2.20. The van der Waals surface area contributed by atoms with Gasteiger partial charge in [-0.3, -0.25) is 19.2 Å². The van der Waals surface area contributed by atoms with Gasteiger partial charge in [0.2, 0.25) is 0 Å². The molecule has 10 heteroatoms. The van der Waals surface area contributed by atoms with Gasteiger partial charge in [0, 0.05) is 12.8 Å². The van der Waals surface area contributed by atoms with Gasteiger partial charge in [0.15, 0.2) is 0 Å². The third-order valence-corrected chi connectivity index (χ3v) is 2.97. The van der Waals surface area contributed by atoms with Crippen LogP contribution in [-0.4, -0.2) is 57.9 Å². The first-order chi connectivity index (χ1) is 11.6. The van der Waals surface area contributed by atoms with Crippen LogP contribution in [0.15, 0.2) is 0 Å². The van der Waals surface area contributed by atoms with Crippen molar-refractivity contribution in [1.29, 1.82) is 0 Å². The van der Waals surface area contributed by atoms with E-state index in [1.807, 2.05) is 0 Å². The molecule has 0 spiro atoms. The van der Waals surface area contributed by atoms with E-state index in [2.05, 4.69) is 6.92 Å². The highest BCUT2D eigenvalue weighted by Gasteiger charge is 2.14. The SMILES string of the molecule is CCCCCOC(=O)CCC(N)C(=O)O.N[C@@H](CCC(=O)O)C(=O)O. The average molecular weight is 364 g/mol. The Bertz CT molecular complexity index is 428. The van der Waals surface area contributed by atoms with Crippen molar-refractivity contribution in [2.45, 2.75) is 64.0 Å². The summed E-state index contributed by atoms with van der Waals surface area (Å²) in [5, 5.41) is 24.7. The van der Waals surface area contributed by atoms with Crippen LogP contribution in [0.4, 0.5) is 0 Å². The fourth-order valence-electron chi connectivity index (χ4n) is 1.41. The molecule has 25 heavy (non-hydrogen) atoms. The third kappa shape index (κ3) is 18.0. The Kier molecular flexibility index (Phi) is 15.4. The van der Waals surface area contributed by atoms with Gasteiger partial charge in [0.1, 0.15) is 12.1 Å². The lowest BCUT2D eigenvalue weighted by Gasteiger charge is -2.06. The highest BCUT2D eigenvalue weighted by atomic mass is 16.5. The summed E-state index contributed by atoms with van der Waals surface area (Å²) in [6.07, 6.45) is 2.93. The quantitative estimate of drug-likeness (QED) is 0.236. The van der Waals surface area contributed by atoms with Crippen molar-refractivity contribution in [1.82, 2.24) is 0 Å². The summed E-state index contributed by atoms with van der Waals surface area (Å²) in [4.78, 5) is 41.3. The number of carboxylic acid groups (broad SMARTS) is 3. The number of carbonyl (C=O) groups excluding carboxylic acids is 1. The Labute approximate surface area is 146 Å². The number of rotatable bonds is 12. The number of nitrogens with two attached hydrogens (primary N) is 2. The molecule has 7 N–H and O–H groups in total. The first kappa shape index (κ1) is 25.0. The molecule has 0 heterocycles. The van der Waals surface area contributed by atoms with Gasteiger partial charge in [0.05, 0.1) is 6.61 Å². The zero-order chi connectivity index (χ0) is 19.8. The molecule has 2 atom stereocenters. The van der Waals surface area contributed by atoms with Crippen molar-refractivity contribution in [3.63, 3.8) is 0 Å². The van der Waals surface area contributed by atoms with Crippen molar-refractivity contribution in [2.24, 2.45) is 11.5 Å². The largest absolute Gasteiger partial charge is 0.481 e. The van der Waals surface area contributed by atoms with E-state index >= 15 is 0 Å². The predicted molar refractivity (Wildman–Crippen MR) is 87.8 cm³/mol. The Balaban J connectivity index is 0. The maximum Gasteiger partial charge on any atom is 0.320 e. The van der Waals surface area contributed by atoms with Crippen LogP contribution in [0.1, 0.15) is 51.9 Å². The lowest BCUT2D eigenvalue weighted by atomic mass is 10.2. The molecule has 0 saturated heterocycles. The molecular formula is C15H28N2O8. The molecule has 0 amide bonds. The molecule has 0 aliphatic heterocycles. The molecule has 0 aromatic carbocycles. The number of ether oxygens (including phenoxy) is 1. The predicted octanol–water partition coefficient (Wildman–Crippen LogP) is 0.175. The first-order valence-electron chi connectivity index (χ1n) is 7.95. The monoisotopic (exact) mass is 364 g/mol. The van der Waals surface area contributed by atoms with E-state index in [9.17, 15) is 19.2 Å². The van der Waals surface area contributed by atoms with Gasteiger partial charge in [-0.05, 0) is 19.3 Å². The number of esters is 1. The van der Waals surface area contributed by atoms with Crippen LogP contribution in [0.2, 0.25) is 0 Å². The van der Waals surface area contributed by atoms with Gasteiger partial charge in [-0.2, -0.15) is 0 Å². The fourth-order valence-corrected chi connectivity index (χ4v) is 1.41. The lowest BCUT2D eigenvalue weighted by molar-refractivity contribution is -0.145. The number of hydrogen-bond acceptors (Lipinski definition) is 7. The minimum Gasteiger partial charge on any atom is -0.481 e. The molecule has 0 aromatic heterocycles. The Morgan fingerprint density at radius 3 is 1.76 bits per heavy atom. The van der Waals surface area contributed by atoms with E-state index in [0.717, 1.165) is 19.3 Å². The highest BCUT2D eigenvalue weighted by Crippen LogP contribution is 2.00. The maximum atomic E-state index is 11.1. The number of unbranched alkanes of at least 4 members (excludes halogenated alkanes) is 2. The van der Waals surface area contributed by atoms with Gasteiger partial charge in [-0.1, -0.05) is 19.8 Å². The summed E-state index contributed by atoms with van der Waals surface area (Å²) in [6.45, 7) is 2.47. The van der Waals surface area contributed by atoms with E-state index in [1.54, 1.807) is 0 Å². The van der Waals surface area contributed by atoms with Gasteiger partial charge >= 0.3 is 23.9 Å². The van der Waals surface area contributed by atoms with E-state index in [0.29, 0.717) is 6.61 Å². The van der Waals surface area contributed by atoms with Crippen LogP contribution in [-0.2, 0) is 23.9 Å². The summed E-state index contributed by atoms with van der Waals surface area (Å²) in [7, 11) is 0. The van der Waals surface area contributed by atoms with E-state index in [1.165, 1.54) is 0 Å². The van der Waals surface area contributed by atoms with E-state index in [4.69, 9.17) is 31.5 Å². The maximum absolute atomic E-state index is 11.1. The minimum absolute atomic E-state index is 0.0231. The van der Waals surface area contributed by atoms with E-state index in [-0.39, 0.29) is 31.7 Å². The number of carboxylic acids is 3. The molecule has 0 rings (SSSR count). The molecule has 0 aromatic rings. The van der Waals surface area contributed by atoms with Crippen LogP contribution in [0.3, 0.4) is 0 Å². The molecule has 0 radical (unpaired) electrons. The van der Waals surface area contributed by atoms with Crippen LogP contribution in [0, 0.1) is 0 Å². The van der Waals surface area contributed by atoms with Crippen molar-refractivity contribution in [3.05, 3.63) is 0 Å². The van der Waals surface area contributed by atoms with Gasteiger partial charge < -0.3 is 31.5 Å². The molecule has 0 bridgehead atoms. The molecule has 10 nitrogen and oxygen atoms in total. The molecule has 0 aliphatic rings. The van der Waals surface area contributed by atoms with Crippen molar-refractivity contribution >= 4 is 23.9 Å². The van der Waals surface area contributed by atoms with E-state index < -0.39 is 30.0 Å². The van der Waals surface area contributed by atoms with Gasteiger partial charge in [0.25, 0.3) is 0 Å². The first-order valence-corrected chi connectivity index (χ1v) is 7.95. The van der Waals surface area contributed by atoms with Crippen molar-refractivity contribution in [3.8, 4) is 0 Å². The minimum atomic E-state index is -1.17. The molecule has 0 saturated carbocycles. The van der Waals surface area contributed by atoms with Gasteiger partial charge in [-0.15, -0.1) is 0 Å². The van der Waals surface area contributed by atoms with Crippen LogP contribution < -0.4 is 11.5 Å². The average Bonchev–Trinajstić information content (AvgIpc) is 2.54. The zero-order valence-electron chi connectivity index (χ0n) is 14.3. The van der Waals surface area contributed by atoms with Crippen LogP contribution in [0.5, 0.6) is 0 Å². The van der Waals surface area contributed by atoms with Crippen LogP contribution in [0.25, 0.3) is 0 Å². The van der Waals surface area contributed by atoms with Gasteiger partial charge in [-0.25, -0.2) is 0 Å². The number of hydrogen-bond donors (Lipinski definition) is 5. The molecule has 146 valence electrons. The zero-order valence-corrected chi connectivity index (χ0v) is 14.3. The van der Waals surface area contributed by atoms with Crippen molar-refractivity contribution in [2.75, 3.05) is 6.61 Å². The summed E-state index contributed by atoms with van der Waals surface area (Å²) in [6, 6.07) is -2.04. The summed E-state index contributed by atoms with van der Waals surface area (Å²) in [5.74, 6) is -3.66. The second-order valence-electron chi connectivity index (χ2n) is 5.29. The topological polar surface area (TPSA) is 190 Å². The lowest BCUT2D eigenvalue weighted by Crippen LogP contribution is -2.30. The summed E-state index contributed by atoms with van der Waals surface area (Å²) in [5.41, 5.74) is 10.2. The fraction of sp³-hybridized carbons (Fsp3) is 0.733. The molecular weight excluding hydrogens is 336 g/mol. The second-order valence-corrected chi connectivity index (χ2v) is 5.29. The Morgan fingerprint density at radius 2 is 1.36 bits per heavy atom. The number of carbonyl (C=O) groups is 4. The molecule has 0 fully saturated rings. The summed E-state index contributed by atoms with van der Waals surface area (Å²) < 4.78 is 4.89. The Morgan fingerprint density at radius 1 is 0.880 bits per heavy atom. The summed E-state index contributed by atoms with van der Waals surface area (Å²) >= 11 is 0. The normalized spacial score (nSPS) is 12.3. The smallest absolute Gasteiger partial charge is 0.320 e. The molecule has 0 aliphatic carbocycles. The van der Waals surface area contributed by atoms with Crippen LogP contribution >= 0.6 is 0 Å². The third-order valence-electron chi connectivity index (χ3n) is 2.97.